The number of allylic oxidation sites excluding steroid dienone is 5. The third-order valence-electron chi connectivity index (χ3n) is 14.4. The molecule has 1 atom stereocenters. The van der Waals surface area contributed by atoms with E-state index in [9.17, 15) is 0 Å². The van der Waals surface area contributed by atoms with Crippen molar-refractivity contribution in [1.29, 1.82) is 0 Å². The number of nitrogens with zero attached hydrogens (tertiary/aromatic N) is 4. The van der Waals surface area contributed by atoms with Crippen molar-refractivity contribution in [2.75, 3.05) is 0 Å². The summed E-state index contributed by atoms with van der Waals surface area (Å²) in [4.78, 5) is 20.7. The summed E-state index contributed by atoms with van der Waals surface area (Å²) in [6.45, 7) is 0. The molecule has 2 aliphatic heterocycles. The molecule has 0 spiro atoms. The van der Waals surface area contributed by atoms with Crippen molar-refractivity contribution in [3.05, 3.63) is 234 Å². The van der Waals surface area contributed by atoms with Crippen LogP contribution in [0.5, 0.6) is 0 Å². The van der Waals surface area contributed by atoms with Crippen molar-refractivity contribution in [1.82, 2.24) is 4.98 Å². The van der Waals surface area contributed by atoms with Gasteiger partial charge in [0.25, 0.3) is 0 Å². The van der Waals surface area contributed by atoms with Gasteiger partial charge in [0.1, 0.15) is 0 Å². The summed E-state index contributed by atoms with van der Waals surface area (Å²) in [5.41, 5.74) is 23.7. The summed E-state index contributed by atoms with van der Waals surface area (Å²) in [5, 5.41) is 5.16. The summed E-state index contributed by atoms with van der Waals surface area (Å²) in [5.74, 6) is 0.602. The Balaban J connectivity index is 1.01. The maximum atomic E-state index is 5.69. The van der Waals surface area contributed by atoms with E-state index in [1.54, 1.807) is 0 Å². The molecule has 0 fully saturated rings. The van der Waals surface area contributed by atoms with E-state index in [4.69, 9.17) is 15.0 Å². The first kappa shape index (κ1) is 37.1. The molecule has 0 saturated carbocycles. The lowest BCUT2D eigenvalue weighted by Gasteiger charge is -2.32. The van der Waals surface area contributed by atoms with Gasteiger partial charge in [-0.3, -0.25) is 9.98 Å². The number of pyridine rings is 1. The van der Waals surface area contributed by atoms with E-state index < -0.39 is 0 Å². The van der Waals surface area contributed by atoms with Crippen molar-refractivity contribution in [2.45, 2.75) is 19.3 Å². The van der Waals surface area contributed by atoms with Crippen LogP contribution in [0.25, 0.3) is 88.5 Å². The number of rotatable bonds is 6. The average molecular weight is 841 g/mol. The Morgan fingerprint density at radius 3 is 1.64 bits per heavy atom. The Bertz CT molecular complexity index is 3690. The topological polar surface area (TPSA) is 50.0 Å². The third-order valence-corrected chi connectivity index (χ3v) is 14.4. The van der Waals surface area contributed by atoms with Crippen LogP contribution < -0.4 is 0 Å². The number of hydrogen-bond acceptors (Lipinski definition) is 4. The quantitative estimate of drug-likeness (QED) is 0.165. The number of aromatic nitrogens is 1. The highest BCUT2D eigenvalue weighted by Crippen LogP contribution is 2.53. The van der Waals surface area contributed by atoms with Gasteiger partial charge < -0.3 is 0 Å². The Kier molecular flexibility index (Phi) is 8.20. The number of hydrogen-bond donors (Lipinski definition) is 0. The lowest BCUT2D eigenvalue weighted by atomic mass is 9.76. The highest BCUT2D eigenvalue weighted by atomic mass is 15.0. The minimum atomic E-state index is -0.118. The summed E-state index contributed by atoms with van der Waals surface area (Å²) < 4.78 is 0. The number of aliphatic imine (C=N–C) groups is 3. The van der Waals surface area contributed by atoms with Crippen LogP contribution in [0.1, 0.15) is 47.1 Å². The molecule has 3 aliphatic carbocycles. The van der Waals surface area contributed by atoms with Gasteiger partial charge in [-0.1, -0.05) is 170 Å². The molecule has 4 heteroatoms. The predicted octanol–water partition coefficient (Wildman–Crippen LogP) is 15.2. The lowest BCUT2D eigenvalue weighted by molar-refractivity contribution is 0.805. The number of amidine groups is 1. The van der Waals surface area contributed by atoms with Gasteiger partial charge in [-0.25, -0.2) is 9.98 Å². The molecule has 14 rings (SSSR count). The van der Waals surface area contributed by atoms with E-state index in [0.29, 0.717) is 0 Å². The SMILES string of the molecule is C1=CN=C(c2ccc(C3=NC4=C(c5ccc6c7c(cccc57)-c5ccccc5-6)C=C(c5ccc6c7c(cccc57)-c5ccccc5-6)CC4C(c4ccc(-c5ccccn5)cc4)=N3)cc2)CC1. The van der Waals surface area contributed by atoms with Crippen LogP contribution in [0.15, 0.2) is 221 Å². The third kappa shape index (κ3) is 5.64. The fourth-order valence-corrected chi connectivity index (χ4v) is 11.3. The van der Waals surface area contributed by atoms with Crippen LogP contribution in [-0.4, -0.2) is 22.2 Å². The first-order valence-corrected chi connectivity index (χ1v) is 23.0. The number of benzene rings is 8. The van der Waals surface area contributed by atoms with Gasteiger partial charge in [-0.05, 0) is 131 Å². The second-order valence-corrected chi connectivity index (χ2v) is 17.9. The Morgan fingerprint density at radius 2 is 1.00 bits per heavy atom. The molecule has 3 heterocycles. The molecule has 1 unspecified atom stereocenters. The number of fused-ring (bicyclic) bond motifs is 7. The zero-order chi connectivity index (χ0) is 43.3. The summed E-state index contributed by atoms with van der Waals surface area (Å²) >= 11 is 0. The van der Waals surface area contributed by atoms with Gasteiger partial charge in [0.05, 0.1) is 17.1 Å². The highest BCUT2D eigenvalue weighted by Gasteiger charge is 2.36. The molecule has 8 aromatic carbocycles. The maximum Gasteiger partial charge on any atom is 0.159 e. The van der Waals surface area contributed by atoms with Crippen molar-refractivity contribution >= 4 is 50.0 Å². The molecule has 9 aromatic rings. The maximum absolute atomic E-state index is 5.69. The molecule has 1 aromatic heterocycles. The van der Waals surface area contributed by atoms with E-state index in [1.807, 2.05) is 24.5 Å². The summed E-state index contributed by atoms with van der Waals surface area (Å²) in [6.07, 6.45) is 11.1. The summed E-state index contributed by atoms with van der Waals surface area (Å²) in [6, 6.07) is 64.3. The van der Waals surface area contributed by atoms with Gasteiger partial charge in [0.2, 0.25) is 0 Å². The molecule has 308 valence electrons. The fraction of sp³-hybridized carbons (Fsp3) is 0.0645. The second-order valence-electron chi connectivity index (χ2n) is 17.9. The molecule has 0 saturated heterocycles. The Morgan fingerprint density at radius 1 is 0.439 bits per heavy atom. The molecule has 0 radical (unpaired) electrons. The van der Waals surface area contributed by atoms with Gasteiger partial charge in [0, 0.05) is 40.7 Å². The molecule has 0 amide bonds. The Hall–Kier alpha value is -8.34. The fourth-order valence-electron chi connectivity index (χ4n) is 11.3. The zero-order valence-electron chi connectivity index (χ0n) is 36.0. The highest BCUT2D eigenvalue weighted by molar-refractivity contribution is 6.23. The van der Waals surface area contributed by atoms with Gasteiger partial charge in [-0.15, -0.1) is 0 Å². The van der Waals surface area contributed by atoms with E-state index in [2.05, 4.69) is 181 Å². The van der Waals surface area contributed by atoms with Crippen LogP contribution in [-0.2, 0) is 0 Å². The van der Waals surface area contributed by atoms with Crippen LogP contribution in [0.4, 0.5) is 0 Å². The predicted molar refractivity (Wildman–Crippen MR) is 274 cm³/mol. The minimum Gasteiger partial charge on any atom is -0.261 e. The van der Waals surface area contributed by atoms with E-state index in [-0.39, 0.29) is 5.92 Å². The second kappa shape index (κ2) is 14.6. The summed E-state index contributed by atoms with van der Waals surface area (Å²) in [7, 11) is 0. The smallest absolute Gasteiger partial charge is 0.159 e. The van der Waals surface area contributed by atoms with Crippen molar-refractivity contribution < 1.29 is 0 Å². The standard InChI is InChI=1S/C62H40N4/c1-3-13-45-43(11-1)49-16-9-15-48-42(29-31-52(45)58(48)49)41-35-54(47-30-32-53-46-14-4-2-12-44(46)50-17-10-18-51(47)59(50)53)61-55(36-41)60(39-25-21-37(22-26-39)56-19-5-7-33-63-56)65-62(66-61)40-27-23-38(24-28-40)57-20-6-8-34-64-57/h1-5,7-19,21-35,55H,6,20,36H2. The lowest BCUT2D eigenvalue weighted by Crippen LogP contribution is -2.27. The van der Waals surface area contributed by atoms with Crippen molar-refractivity contribution in [3.63, 3.8) is 0 Å². The van der Waals surface area contributed by atoms with E-state index in [0.717, 1.165) is 75.7 Å². The van der Waals surface area contributed by atoms with Crippen LogP contribution in [0.3, 0.4) is 0 Å². The normalized spacial score (nSPS) is 16.4. The first-order valence-electron chi connectivity index (χ1n) is 23.0. The Labute approximate surface area is 383 Å². The monoisotopic (exact) mass is 840 g/mol. The van der Waals surface area contributed by atoms with Crippen LogP contribution >= 0.6 is 0 Å². The molecule has 0 N–H and O–H groups in total. The van der Waals surface area contributed by atoms with Crippen LogP contribution in [0, 0.1) is 5.92 Å². The van der Waals surface area contributed by atoms with E-state index in [1.165, 1.54) is 82.8 Å². The molecule has 4 nitrogen and oxygen atoms in total. The molecule has 66 heavy (non-hydrogen) atoms. The van der Waals surface area contributed by atoms with Crippen LogP contribution in [0.2, 0.25) is 0 Å². The van der Waals surface area contributed by atoms with E-state index >= 15 is 0 Å². The van der Waals surface area contributed by atoms with Crippen molar-refractivity contribution in [3.8, 4) is 55.8 Å². The van der Waals surface area contributed by atoms with Crippen molar-refractivity contribution in [2.24, 2.45) is 20.9 Å². The minimum absolute atomic E-state index is 0.118. The largest absolute Gasteiger partial charge is 0.261 e. The molecule has 0 bridgehead atoms. The zero-order valence-corrected chi connectivity index (χ0v) is 36.0. The average Bonchev–Trinajstić information content (AvgIpc) is 3.90. The van der Waals surface area contributed by atoms with Gasteiger partial charge in [0.15, 0.2) is 5.84 Å². The first-order chi connectivity index (χ1) is 32.7. The van der Waals surface area contributed by atoms with Gasteiger partial charge in [-0.2, -0.15) is 0 Å². The molecular weight excluding hydrogens is 801 g/mol. The molecule has 5 aliphatic rings. The van der Waals surface area contributed by atoms with Gasteiger partial charge >= 0.3 is 0 Å². The molecular formula is C62H40N4.